The summed E-state index contributed by atoms with van der Waals surface area (Å²) >= 11 is 6.08. The number of halogens is 1. The largest absolute Gasteiger partial charge is 0.309 e. The van der Waals surface area contributed by atoms with Gasteiger partial charge in [0, 0.05) is 41.5 Å². The summed E-state index contributed by atoms with van der Waals surface area (Å²) in [6.07, 6.45) is 9.35. The Bertz CT molecular complexity index is 683. The van der Waals surface area contributed by atoms with Crippen LogP contribution in [0, 0.1) is 18.8 Å². The van der Waals surface area contributed by atoms with E-state index >= 15 is 0 Å². The Morgan fingerprint density at radius 3 is 2.42 bits per heavy atom. The smallest absolute Gasteiger partial charge is 0.125 e. The maximum atomic E-state index is 6.08. The van der Waals surface area contributed by atoms with Crippen molar-refractivity contribution in [2.75, 3.05) is 0 Å². The Morgan fingerprint density at radius 1 is 1.04 bits per heavy atom. The first-order valence-electron chi connectivity index (χ1n) is 8.99. The molecule has 2 fully saturated rings. The van der Waals surface area contributed by atoms with Gasteiger partial charge in [-0.2, -0.15) is 0 Å². The van der Waals surface area contributed by atoms with Crippen LogP contribution in [0.1, 0.15) is 48.6 Å². The van der Waals surface area contributed by atoms with Crippen LogP contribution in [-0.2, 0) is 6.54 Å². The zero-order valence-electron chi connectivity index (χ0n) is 14.1. The Balaban J connectivity index is 1.50. The maximum absolute atomic E-state index is 6.08. The Hall–Kier alpha value is -1.45. The summed E-state index contributed by atoms with van der Waals surface area (Å²) in [5.74, 6) is 3.07. The fraction of sp³-hybridized carbons (Fsp3) is 0.500. The van der Waals surface area contributed by atoms with E-state index in [9.17, 15) is 0 Å². The summed E-state index contributed by atoms with van der Waals surface area (Å²) in [6, 6.07) is 9.02. The Morgan fingerprint density at radius 2 is 1.71 bits per heavy atom. The van der Waals surface area contributed by atoms with E-state index in [0.717, 1.165) is 34.8 Å². The van der Waals surface area contributed by atoms with E-state index in [2.05, 4.69) is 27.4 Å². The molecule has 24 heavy (non-hydrogen) atoms. The van der Waals surface area contributed by atoms with E-state index in [4.69, 9.17) is 11.6 Å². The number of aromatic nitrogens is 2. The molecule has 2 aliphatic carbocycles. The second-order valence-electron chi connectivity index (χ2n) is 7.23. The van der Waals surface area contributed by atoms with E-state index in [0.29, 0.717) is 12.0 Å². The lowest BCUT2D eigenvalue weighted by Crippen LogP contribution is -2.57. The van der Waals surface area contributed by atoms with Gasteiger partial charge in [0.1, 0.15) is 5.82 Å². The van der Waals surface area contributed by atoms with Crippen LogP contribution in [0.15, 0.2) is 36.7 Å². The van der Waals surface area contributed by atoms with Gasteiger partial charge in [-0.15, -0.1) is 0 Å². The number of fused-ring (bicyclic) bond motifs is 1. The first-order valence-corrected chi connectivity index (χ1v) is 9.36. The molecule has 1 N–H and O–H groups in total. The number of hydrogen-bond acceptors (Lipinski definition) is 3. The molecule has 0 unspecified atom stereocenters. The van der Waals surface area contributed by atoms with Gasteiger partial charge in [0.2, 0.25) is 0 Å². The van der Waals surface area contributed by atoms with Gasteiger partial charge >= 0.3 is 0 Å². The van der Waals surface area contributed by atoms with Crippen LogP contribution in [0.5, 0.6) is 0 Å². The average molecular weight is 342 g/mol. The molecule has 1 aromatic heterocycles. The molecule has 2 aliphatic rings. The van der Waals surface area contributed by atoms with Crippen molar-refractivity contribution in [1.29, 1.82) is 0 Å². The van der Waals surface area contributed by atoms with Crippen molar-refractivity contribution in [3.63, 3.8) is 0 Å². The van der Waals surface area contributed by atoms with Crippen molar-refractivity contribution in [2.24, 2.45) is 11.8 Å². The van der Waals surface area contributed by atoms with Crippen molar-refractivity contribution in [3.05, 3.63) is 58.6 Å². The monoisotopic (exact) mass is 341 g/mol. The second kappa shape index (κ2) is 6.81. The number of nitrogens with zero attached hydrogens (tertiary/aromatic N) is 2. The number of rotatable bonds is 4. The lowest BCUT2D eigenvalue weighted by Gasteiger charge is -2.55. The third-order valence-corrected chi connectivity index (χ3v) is 6.07. The highest BCUT2D eigenvalue weighted by Gasteiger charge is 2.50. The lowest BCUT2D eigenvalue weighted by atomic mass is 9.53. The molecule has 1 aromatic carbocycles. The fourth-order valence-electron chi connectivity index (χ4n) is 4.63. The van der Waals surface area contributed by atoms with Crippen LogP contribution in [0.3, 0.4) is 0 Å². The molecule has 0 spiro atoms. The van der Waals surface area contributed by atoms with E-state index in [1.54, 1.807) is 0 Å². The minimum atomic E-state index is 0.553. The topological polar surface area (TPSA) is 37.8 Å². The third kappa shape index (κ3) is 3.07. The zero-order valence-corrected chi connectivity index (χ0v) is 14.8. The van der Waals surface area contributed by atoms with Crippen LogP contribution in [-0.4, -0.2) is 16.0 Å². The van der Waals surface area contributed by atoms with Gasteiger partial charge in [0.15, 0.2) is 0 Å². The van der Waals surface area contributed by atoms with Crippen molar-refractivity contribution < 1.29 is 0 Å². The van der Waals surface area contributed by atoms with E-state index in [-0.39, 0.29) is 0 Å². The van der Waals surface area contributed by atoms with Gasteiger partial charge < -0.3 is 5.32 Å². The van der Waals surface area contributed by atoms with Crippen molar-refractivity contribution in [2.45, 2.75) is 51.1 Å². The predicted octanol–water partition coefficient (Wildman–Crippen LogP) is 4.50. The molecule has 0 saturated heterocycles. The van der Waals surface area contributed by atoms with Crippen LogP contribution in [0.25, 0.3) is 0 Å². The molecule has 4 atom stereocenters. The molecule has 0 radical (unpaired) electrons. The normalized spacial score (nSPS) is 28.9. The summed E-state index contributed by atoms with van der Waals surface area (Å²) in [4.78, 5) is 8.61. The molecule has 1 heterocycles. The molecule has 126 valence electrons. The van der Waals surface area contributed by atoms with Crippen LogP contribution in [0.2, 0.25) is 5.02 Å². The summed E-state index contributed by atoms with van der Waals surface area (Å²) in [7, 11) is 0. The number of hydrogen-bond donors (Lipinski definition) is 1. The predicted molar refractivity (Wildman–Crippen MR) is 97.0 cm³/mol. The lowest BCUT2D eigenvalue weighted by molar-refractivity contribution is 0.0254. The quantitative estimate of drug-likeness (QED) is 0.889. The molecule has 2 saturated carbocycles. The van der Waals surface area contributed by atoms with Crippen LogP contribution < -0.4 is 5.32 Å². The highest BCUT2D eigenvalue weighted by molar-refractivity contribution is 6.30. The minimum absolute atomic E-state index is 0.553. The van der Waals surface area contributed by atoms with Gasteiger partial charge in [-0.1, -0.05) is 36.6 Å². The van der Waals surface area contributed by atoms with Crippen LogP contribution in [0.4, 0.5) is 0 Å². The molecule has 0 aliphatic heterocycles. The average Bonchev–Trinajstić information content (AvgIpc) is 2.59. The van der Waals surface area contributed by atoms with E-state index in [1.807, 2.05) is 31.5 Å². The van der Waals surface area contributed by atoms with Gasteiger partial charge in [-0.3, -0.25) is 0 Å². The summed E-state index contributed by atoms with van der Waals surface area (Å²) in [6.45, 7) is 2.77. The summed E-state index contributed by atoms with van der Waals surface area (Å²) in [5, 5.41) is 4.62. The maximum Gasteiger partial charge on any atom is 0.125 e. The highest BCUT2D eigenvalue weighted by atomic mass is 35.5. The molecule has 3 nitrogen and oxygen atoms in total. The minimum Gasteiger partial charge on any atom is -0.309 e. The molecule has 0 bridgehead atoms. The van der Waals surface area contributed by atoms with E-state index in [1.165, 1.54) is 31.2 Å². The molecular formula is C20H24ClN3. The zero-order chi connectivity index (χ0) is 16.5. The number of benzene rings is 1. The second-order valence-corrected chi connectivity index (χ2v) is 7.67. The Labute approximate surface area is 148 Å². The van der Waals surface area contributed by atoms with Crippen molar-refractivity contribution in [1.82, 2.24) is 15.3 Å². The van der Waals surface area contributed by atoms with Gasteiger partial charge in [-0.25, -0.2) is 9.97 Å². The van der Waals surface area contributed by atoms with E-state index < -0.39 is 0 Å². The molecule has 0 amide bonds. The van der Waals surface area contributed by atoms with Crippen molar-refractivity contribution in [3.8, 4) is 0 Å². The highest BCUT2D eigenvalue weighted by Crippen LogP contribution is 2.54. The Kier molecular flexibility index (Phi) is 4.55. The first kappa shape index (κ1) is 16.0. The summed E-state index contributed by atoms with van der Waals surface area (Å²) < 4.78 is 0. The SMILES string of the molecule is Cc1ncc(CN[C@H]2[C@H]3CCCC[C@H]3[C@@H]2c2ccc(Cl)cc2)cn1. The molecule has 4 rings (SSSR count). The van der Waals surface area contributed by atoms with Gasteiger partial charge in [-0.05, 0) is 49.3 Å². The number of nitrogens with one attached hydrogen (secondary N) is 1. The van der Waals surface area contributed by atoms with Gasteiger partial charge in [0.25, 0.3) is 0 Å². The third-order valence-electron chi connectivity index (χ3n) is 5.82. The summed E-state index contributed by atoms with van der Waals surface area (Å²) in [5.41, 5.74) is 2.59. The molecule has 2 aromatic rings. The first-order chi connectivity index (χ1) is 11.7. The fourth-order valence-corrected chi connectivity index (χ4v) is 4.76. The van der Waals surface area contributed by atoms with Crippen molar-refractivity contribution >= 4 is 11.6 Å². The number of aryl methyl sites for hydroxylation is 1. The molecular weight excluding hydrogens is 318 g/mol. The molecule has 4 heteroatoms. The standard InChI is InChI=1S/C20H24ClN3/c1-13-22-10-14(11-23-13)12-24-20-18-5-3-2-4-17(18)19(20)15-6-8-16(21)9-7-15/h6-11,17-20,24H,2-5,12H2,1H3/t17-,18+,19+,20+/m1/s1. The van der Waals surface area contributed by atoms with Crippen LogP contribution >= 0.6 is 11.6 Å². The van der Waals surface area contributed by atoms with Gasteiger partial charge in [0.05, 0.1) is 0 Å².